The number of fused-ring (bicyclic) bond motifs is 11. The molecule has 0 aliphatic carbocycles. The van der Waals surface area contributed by atoms with Gasteiger partial charge in [-0.25, -0.2) is 0 Å². The van der Waals surface area contributed by atoms with Gasteiger partial charge in [-0.15, -0.1) is 0 Å². The Labute approximate surface area is 314 Å². The Morgan fingerprint density at radius 3 is 0.982 bits per heavy atom. The van der Waals surface area contributed by atoms with Crippen LogP contribution in [0.25, 0.3) is 44.2 Å². The number of ether oxygens (including phenoxy) is 4. The molecule has 0 fully saturated rings. The molecule has 0 radical (unpaired) electrons. The van der Waals surface area contributed by atoms with Gasteiger partial charge in [0.25, 0.3) is 0 Å². The summed E-state index contributed by atoms with van der Waals surface area (Å²) >= 11 is 0. The monoisotopic (exact) mass is 710 g/mol. The highest BCUT2D eigenvalue weighted by molar-refractivity contribution is 6.13. The van der Waals surface area contributed by atoms with Gasteiger partial charge in [-0.05, 0) is 83.9 Å². The largest absolute Gasteiger partial charge is 0.455 e. The number of benzene rings is 8. The summed E-state index contributed by atoms with van der Waals surface area (Å²) in [6.07, 6.45) is 0. The lowest BCUT2D eigenvalue weighted by atomic mass is 9.97. The summed E-state index contributed by atoms with van der Waals surface area (Å²) in [5.41, 5.74) is 10.9. The molecule has 0 unspecified atom stereocenters. The second-order valence-electron chi connectivity index (χ2n) is 14.1. The number of para-hydroxylation sites is 10. The van der Waals surface area contributed by atoms with Crippen molar-refractivity contribution in [1.29, 1.82) is 0 Å². The van der Waals surface area contributed by atoms with Crippen molar-refractivity contribution in [2.75, 3.05) is 9.80 Å². The number of furan rings is 1. The van der Waals surface area contributed by atoms with Gasteiger partial charge >= 0.3 is 0 Å². The van der Waals surface area contributed by atoms with E-state index in [1.165, 1.54) is 0 Å². The average Bonchev–Trinajstić information content (AvgIpc) is 3.62. The SMILES string of the molecule is c1ccc2c(c1)Oc1cc(-c3cccc4c3oc3c(-c5cc6c7c(c5)Oc5ccccc5N7c5ccccc5O6)cccc34)cc3c1N2c1ccccc1O3. The number of rotatable bonds is 2. The first kappa shape index (κ1) is 28.9. The first-order valence-electron chi connectivity index (χ1n) is 18.2. The van der Waals surface area contributed by atoms with Crippen LogP contribution in [0.4, 0.5) is 34.1 Å². The molecule has 5 heterocycles. The molecule has 4 aliphatic rings. The predicted octanol–water partition coefficient (Wildman–Crippen LogP) is 14.3. The lowest BCUT2D eigenvalue weighted by molar-refractivity contribution is 0.446. The molecule has 0 saturated heterocycles. The highest BCUT2D eigenvalue weighted by Crippen LogP contribution is 2.62. The Kier molecular flexibility index (Phi) is 5.51. The summed E-state index contributed by atoms with van der Waals surface area (Å²) in [4.78, 5) is 4.46. The van der Waals surface area contributed by atoms with Crippen molar-refractivity contribution in [1.82, 2.24) is 0 Å². The molecule has 7 nitrogen and oxygen atoms in total. The van der Waals surface area contributed by atoms with Crippen LogP contribution >= 0.6 is 0 Å². The molecule has 0 saturated carbocycles. The molecule has 258 valence electrons. The lowest BCUT2D eigenvalue weighted by Crippen LogP contribution is -2.20. The van der Waals surface area contributed by atoms with Crippen LogP contribution in [0.1, 0.15) is 0 Å². The third-order valence-corrected chi connectivity index (χ3v) is 11.0. The maximum Gasteiger partial charge on any atom is 0.156 e. The second kappa shape index (κ2) is 10.5. The number of hydrogen-bond donors (Lipinski definition) is 0. The molecule has 9 aromatic rings. The third-order valence-electron chi connectivity index (χ3n) is 11.0. The van der Waals surface area contributed by atoms with Gasteiger partial charge in [0.1, 0.15) is 22.5 Å². The van der Waals surface area contributed by atoms with E-state index in [2.05, 4.69) is 94.7 Å². The van der Waals surface area contributed by atoms with Crippen LogP contribution in [0.5, 0.6) is 46.0 Å². The van der Waals surface area contributed by atoms with E-state index in [1.54, 1.807) is 0 Å². The molecular weight excluding hydrogens is 685 g/mol. The fraction of sp³-hybridized carbons (Fsp3) is 0. The fourth-order valence-corrected chi connectivity index (χ4v) is 8.63. The van der Waals surface area contributed by atoms with Crippen molar-refractivity contribution in [2.45, 2.75) is 0 Å². The van der Waals surface area contributed by atoms with E-state index in [-0.39, 0.29) is 0 Å². The molecule has 0 amide bonds. The lowest BCUT2D eigenvalue weighted by Gasteiger charge is -2.38. The van der Waals surface area contributed by atoms with Crippen LogP contribution < -0.4 is 28.7 Å². The van der Waals surface area contributed by atoms with Crippen molar-refractivity contribution < 1.29 is 23.4 Å². The van der Waals surface area contributed by atoms with Crippen LogP contribution in [-0.2, 0) is 0 Å². The zero-order valence-corrected chi connectivity index (χ0v) is 28.9. The van der Waals surface area contributed by atoms with Gasteiger partial charge in [0, 0.05) is 21.9 Å². The number of nitrogens with zero attached hydrogens (tertiary/aromatic N) is 2. The summed E-state index contributed by atoms with van der Waals surface area (Å²) in [6, 6.07) is 53.4. The van der Waals surface area contributed by atoms with E-state index in [0.29, 0.717) is 0 Å². The van der Waals surface area contributed by atoms with Gasteiger partial charge in [0.05, 0.1) is 22.7 Å². The minimum absolute atomic E-state index is 0.717. The normalized spacial score (nSPS) is 13.6. The minimum Gasteiger partial charge on any atom is -0.455 e. The molecule has 0 spiro atoms. The summed E-state index contributed by atoms with van der Waals surface area (Å²) in [5.74, 6) is 6.01. The fourth-order valence-electron chi connectivity index (χ4n) is 8.63. The van der Waals surface area contributed by atoms with Crippen molar-refractivity contribution in [2.24, 2.45) is 0 Å². The topological polar surface area (TPSA) is 56.5 Å². The van der Waals surface area contributed by atoms with Crippen LogP contribution in [0.3, 0.4) is 0 Å². The smallest absolute Gasteiger partial charge is 0.156 e. The average molecular weight is 711 g/mol. The van der Waals surface area contributed by atoms with Gasteiger partial charge < -0.3 is 23.4 Å². The zero-order valence-electron chi connectivity index (χ0n) is 28.9. The molecule has 0 N–H and O–H groups in total. The van der Waals surface area contributed by atoms with Crippen LogP contribution in [0.15, 0.2) is 162 Å². The van der Waals surface area contributed by atoms with Crippen LogP contribution in [-0.4, -0.2) is 0 Å². The van der Waals surface area contributed by atoms with Crippen molar-refractivity contribution in [3.63, 3.8) is 0 Å². The summed E-state index contributed by atoms with van der Waals surface area (Å²) in [5, 5.41) is 2.03. The zero-order chi connectivity index (χ0) is 35.8. The molecule has 1 aromatic heterocycles. The predicted molar refractivity (Wildman–Crippen MR) is 214 cm³/mol. The van der Waals surface area contributed by atoms with Gasteiger partial charge in [-0.1, -0.05) is 84.9 Å². The van der Waals surface area contributed by atoms with E-state index in [1.807, 2.05) is 72.8 Å². The van der Waals surface area contributed by atoms with E-state index in [9.17, 15) is 0 Å². The molecule has 4 aliphatic heterocycles. The minimum atomic E-state index is 0.717. The highest BCUT2D eigenvalue weighted by Gasteiger charge is 2.37. The molecule has 55 heavy (non-hydrogen) atoms. The Hall–Kier alpha value is -7.64. The van der Waals surface area contributed by atoms with E-state index < -0.39 is 0 Å². The van der Waals surface area contributed by atoms with Crippen molar-refractivity contribution in [3.8, 4) is 68.2 Å². The molecule has 7 heteroatoms. The summed E-state index contributed by atoms with van der Waals surface area (Å²) in [7, 11) is 0. The summed E-state index contributed by atoms with van der Waals surface area (Å²) < 4.78 is 33.3. The molecule has 0 bridgehead atoms. The maximum absolute atomic E-state index is 6.97. The highest BCUT2D eigenvalue weighted by atomic mass is 16.5. The molecule has 8 aromatic carbocycles. The Bertz CT molecular complexity index is 2800. The van der Waals surface area contributed by atoms with Gasteiger partial charge in [0.15, 0.2) is 46.0 Å². The van der Waals surface area contributed by atoms with E-state index in [0.717, 1.165) is 124 Å². The first-order chi connectivity index (χ1) is 27.2. The second-order valence-corrected chi connectivity index (χ2v) is 14.1. The van der Waals surface area contributed by atoms with Gasteiger partial charge in [-0.2, -0.15) is 0 Å². The van der Waals surface area contributed by atoms with Gasteiger partial charge in [0.2, 0.25) is 0 Å². The molecular formula is C48H26N2O5. The molecule has 0 atom stereocenters. The quantitative estimate of drug-likeness (QED) is 0.177. The Balaban J connectivity index is 0.983. The maximum atomic E-state index is 6.97. The first-order valence-corrected chi connectivity index (χ1v) is 18.2. The Morgan fingerprint density at radius 2 is 0.636 bits per heavy atom. The number of anilines is 6. The summed E-state index contributed by atoms with van der Waals surface area (Å²) in [6.45, 7) is 0. The van der Waals surface area contributed by atoms with Gasteiger partial charge in [-0.3, -0.25) is 9.80 Å². The van der Waals surface area contributed by atoms with Crippen LogP contribution in [0, 0.1) is 0 Å². The van der Waals surface area contributed by atoms with E-state index >= 15 is 0 Å². The standard InChI is InChI=1S/C48H26N2O5/c1-5-19-37-33(15-1)49-34-16-2-6-20-38(34)52-42-24-27(23-41(51-37)45(42)49)29-11-9-13-31-32-14-10-12-30(48(32)55-47(29)31)28-25-43-46-44(26-28)54-40-22-8-4-18-36(40)50(46)35-17-3-7-21-39(35)53-43/h1-26H. The van der Waals surface area contributed by atoms with Crippen LogP contribution in [0.2, 0.25) is 0 Å². The Morgan fingerprint density at radius 1 is 0.309 bits per heavy atom. The third kappa shape index (κ3) is 3.93. The molecule has 13 rings (SSSR count). The van der Waals surface area contributed by atoms with E-state index in [4.69, 9.17) is 23.4 Å². The van der Waals surface area contributed by atoms with Crippen molar-refractivity contribution in [3.05, 3.63) is 158 Å². The number of hydrogen-bond acceptors (Lipinski definition) is 7. The van der Waals surface area contributed by atoms with Crippen molar-refractivity contribution >= 4 is 56.1 Å².